The Kier molecular flexibility index (Phi) is 5.29. The monoisotopic (exact) mass is 390 g/mol. The zero-order valence-electron chi connectivity index (χ0n) is 16.3. The lowest BCUT2D eigenvalue weighted by Crippen LogP contribution is -2.17. The maximum absolute atomic E-state index is 12.6. The van der Waals surface area contributed by atoms with Crippen LogP contribution in [0.25, 0.3) is 0 Å². The summed E-state index contributed by atoms with van der Waals surface area (Å²) in [5, 5.41) is 6.03. The maximum atomic E-state index is 12.6. The van der Waals surface area contributed by atoms with Gasteiger partial charge in [-0.05, 0) is 35.7 Å². The van der Waals surface area contributed by atoms with Crippen molar-refractivity contribution in [1.82, 2.24) is 9.97 Å². The van der Waals surface area contributed by atoms with Crippen LogP contribution in [0.1, 0.15) is 35.8 Å². The van der Waals surface area contributed by atoms with Gasteiger partial charge in [-0.1, -0.05) is 26.0 Å². The molecule has 3 aromatic rings. The summed E-state index contributed by atoms with van der Waals surface area (Å²) in [5.41, 5.74) is 3.02. The predicted molar refractivity (Wildman–Crippen MR) is 111 cm³/mol. The van der Waals surface area contributed by atoms with Gasteiger partial charge in [-0.25, -0.2) is 9.97 Å². The highest BCUT2D eigenvalue weighted by molar-refractivity contribution is 6.03. The summed E-state index contributed by atoms with van der Waals surface area (Å²) in [4.78, 5) is 20.9. The van der Waals surface area contributed by atoms with Crippen molar-refractivity contribution in [3.8, 4) is 11.5 Å². The second kappa shape index (κ2) is 8.18. The Hall–Kier alpha value is -3.61. The highest BCUT2D eigenvalue weighted by Gasteiger charge is 2.14. The summed E-state index contributed by atoms with van der Waals surface area (Å²) in [6.45, 7) is 5.32. The van der Waals surface area contributed by atoms with Crippen molar-refractivity contribution in [2.24, 2.45) is 0 Å². The van der Waals surface area contributed by atoms with Crippen LogP contribution in [0.3, 0.4) is 0 Å². The average molecular weight is 390 g/mol. The van der Waals surface area contributed by atoms with Gasteiger partial charge < -0.3 is 20.1 Å². The molecule has 2 heterocycles. The second-order valence-corrected chi connectivity index (χ2v) is 7.00. The van der Waals surface area contributed by atoms with E-state index in [9.17, 15) is 4.79 Å². The van der Waals surface area contributed by atoms with Gasteiger partial charge in [-0.15, -0.1) is 0 Å². The Labute approximate surface area is 169 Å². The van der Waals surface area contributed by atoms with E-state index >= 15 is 0 Å². The Morgan fingerprint density at radius 3 is 2.41 bits per heavy atom. The normalized spacial score (nSPS) is 12.5. The van der Waals surface area contributed by atoms with Crippen LogP contribution in [-0.2, 0) is 0 Å². The standard InChI is InChI=1S/C22H22N4O3/c1-14(2)15-3-5-16(6-4-15)25-21-12-18(23-13-24-21)22(27)26-17-7-8-19-20(11-17)29-10-9-28-19/h3-8,11-14H,9-10H2,1-2H3,(H,26,27)(H,23,24,25). The number of nitrogens with one attached hydrogen (secondary N) is 2. The number of aromatic nitrogens is 2. The van der Waals surface area contributed by atoms with Crippen LogP contribution >= 0.6 is 0 Å². The summed E-state index contributed by atoms with van der Waals surface area (Å²) in [6.07, 6.45) is 1.36. The number of benzene rings is 2. The summed E-state index contributed by atoms with van der Waals surface area (Å²) >= 11 is 0. The number of nitrogens with zero attached hydrogens (tertiary/aromatic N) is 2. The molecule has 7 heteroatoms. The molecule has 1 aromatic heterocycles. The lowest BCUT2D eigenvalue weighted by Gasteiger charge is -2.19. The molecule has 0 spiro atoms. The quantitative estimate of drug-likeness (QED) is 0.673. The van der Waals surface area contributed by atoms with Crippen LogP contribution in [0, 0.1) is 0 Å². The van der Waals surface area contributed by atoms with E-state index < -0.39 is 0 Å². The largest absolute Gasteiger partial charge is 0.486 e. The molecular formula is C22H22N4O3. The number of hydrogen-bond donors (Lipinski definition) is 2. The second-order valence-electron chi connectivity index (χ2n) is 7.00. The highest BCUT2D eigenvalue weighted by atomic mass is 16.6. The Bertz CT molecular complexity index is 1020. The van der Waals surface area contributed by atoms with E-state index in [1.165, 1.54) is 11.9 Å². The molecule has 7 nitrogen and oxygen atoms in total. The zero-order valence-corrected chi connectivity index (χ0v) is 16.3. The predicted octanol–water partition coefficient (Wildman–Crippen LogP) is 4.37. The van der Waals surface area contributed by atoms with Crippen LogP contribution in [0.4, 0.5) is 17.2 Å². The summed E-state index contributed by atoms with van der Waals surface area (Å²) in [7, 11) is 0. The first-order valence-electron chi connectivity index (χ1n) is 9.48. The number of anilines is 3. The fourth-order valence-corrected chi connectivity index (χ4v) is 2.97. The van der Waals surface area contributed by atoms with Crippen LogP contribution in [0.15, 0.2) is 54.9 Å². The molecule has 29 heavy (non-hydrogen) atoms. The van der Waals surface area contributed by atoms with E-state index in [0.717, 1.165) is 5.69 Å². The van der Waals surface area contributed by atoms with Crippen molar-refractivity contribution < 1.29 is 14.3 Å². The molecule has 0 unspecified atom stereocenters. The molecule has 2 N–H and O–H groups in total. The lowest BCUT2D eigenvalue weighted by atomic mass is 10.0. The van der Waals surface area contributed by atoms with E-state index in [0.29, 0.717) is 42.1 Å². The van der Waals surface area contributed by atoms with E-state index in [-0.39, 0.29) is 11.6 Å². The number of carbonyl (C=O) groups excluding carboxylic acids is 1. The van der Waals surface area contributed by atoms with Gasteiger partial charge in [0.1, 0.15) is 31.1 Å². The molecule has 1 amide bonds. The lowest BCUT2D eigenvalue weighted by molar-refractivity contribution is 0.102. The highest BCUT2D eigenvalue weighted by Crippen LogP contribution is 2.32. The first kappa shape index (κ1) is 18.7. The van der Waals surface area contributed by atoms with Gasteiger partial charge in [0.15, 0.2) is 11.5 Å². The average Bonchev–Trinajstić information content (AvgIpc) is 2.74. The number of rotatable bonds is 5. The smallest absolute Gasteiger partial charge is 0.274 e. The van der Waals surface area contributed by atoms with Crippen molar-refractivity contribution in [3.63, 3.8) is 0 Å². The number of ether oxygens (including phenoxy) is 2. The first-order chi connectivity index (χ1) is 14.1. The third-order valence-electron chi connectivity index (χ3n) is 4.55. The Morgan fingerprint density at radius 2 is 1.66 bits per heavy atom. The van der Waals surface area contributed by atoms with Gasteiger partial charge in [0.05, 0.1) is 0 Å². The Balaban J connectivity index is 1.45. The van der Waals surface area contributed by atoms with Crippen LogP contribution in [0.5, 0.6) is 11.5 Å². The molecule has 4 rings (SSSR count). The topological polar surface area (TPSA) is 85.4 Å². The molecule has 0 saturated heterocycles. The molecule has 0 aliphatic carbocycles. The fraction of sp³-hybridized carbons (Fsp3) is 0.227. The minimum atomic E-state index is -0.331. The van der Waals surface area contributed by atoms with E-state index in [1.54, 1.807) is 24.3 Å². The molecule has 0 radical (unpaired) electrons. The minimum absolute atomic E-state index is 0.260. The van der Waals surface area contributed by atoms with Crippen molar-refractivity contribution in [2.45, 2.75) is 19.8 Å². The third-order valence-corrected chi connectivity index (χ3v) is 4.55. The summed E-state index contributed by atoms with van der Waals surface area (Å²) in [6, 6.07) is 15.0. The maximum Gasteiger partial charge on any atom is 0.274 e. The van der Waals surface area contributed by atoms with Crippen LogP contribution in [0.2, 0.25) is 0 Å². The number of fused-ring (bicyclic) bond motifs is 1. The summed E-state index contributed by atoms with van der Waals surface area (Å²) < 4.78 is 11.0. The van der Waals surface area contributed by atoms with E-state index in [2.05, 4.69) is 46.6 Å². The molecule has 1 aliphatic rings. The molecule has 2 aromatic carbocycles. The molecule has 148 valence electrons. The van der Waals surface area contributed by atoms with Crippen molar-refractivity contribution in [1.29, 1.82) is 0 Å². The van der Waals surface area contributed by atoms with Gasteiger partial charge >= 0.3 is 0 Å². The molecule has 0 saturated carbocycles. The van der Waals surface area contributed by atoms with Gasteiger partial charge in [-0.3, -0.25) is 4.79 Å². The van der Waals surface area contributed by atoms with E-state index in [4.69, 9.17) is 9.47 Å². The van der Waals surface area contributed by atoms with E-state index in [1.807, 2.05) is 12.1 Å². The molecule has 0 fully saturated rings. The van der Waals surface area contributed by atoms with Crippen molar-refractivity contribution in [3.05, 3.63) is 66.1 Å². The van der Waals surface area contributed by atoms with Crippen molar-refractivity contribution >= 4 is 23.1 Å². The van der Waals surface area contributed by atoms with Gasteiger partial charge in [-0.2, -0.15) is 0 Å². The molecule has 0 atom stereocenters. The first-order valence-corrected chi connectivity index (χ1v) is 9.48. The van der Waals surface area contributed by atoms with Crippen LogP contribution < -0.4 is 20.1 Å². The molecule has 0 bridgehead atoms. The van der Waals surface area contributed by atoms with Gasteiger partial charge in [0, 0.05) is 23.5 Å². The summed E-state index contributed by atoms with van der Waals surface area (Å²) in [5.74, 6) is 1.97. The van der Waals surface area contributed by atoms with Gasteiger partial charge in [0.25, 0.3) is 5.91 Å². The fourth-order valence-electron chi connectivity index (χ4n) is 2.97. The third kappa shape index (κ3) is 4.45. The molecule has 1 aliphatic heterocycles. The zero-order chi connectivity index (χ0) is 20.2. The van der Waals surface area contributed by atoms with Crippen LogP contribution in [-0.4, -0.2) is 29.1 Å². The minimum Gasteiger partial charge on any atom is -0.486 e. The number of carbonyl (C=O) groups is 1. The number of hydrogen-bond acceptors (Lipinski definition) is 6. The van der Waals surface area contributed by atoms with Gasteiger partial charge in [0.2, 0.25) is 0 Å². The molecular weight excluding hydrogens is 368 g/mol. The Morgan fingerprint density at radius 1 is 0.931 bits per heavy atom. The number of amides is 1. The SMILES string of the molecule is CC(C)c1ccc(Nc2cc(C(=O)Nc3ccc4c(c3)OCCO4)ncn2)cc1. The van der Waals surface area contributed by atoms with Crippen molar-refractivity contribution in [2.75, 3.05) is 23.8 Å².